The number of ether oxygens (including phenoxy) is 1. The van der Waals surface area contributed by atoms with Gasteiger partial charge in [-0.25, -0.2) is 15.0 Å². The highest BCUT2D eigenvalue weighted by Crippen LogP contribution is 2.37. The zero-order valence-corrected chi connectivity index (χ0v) is 21.1. The number of rotatable bonds is 8. The lowest BCUT2D eigenvalue weighted by Crippen LogP contribution is -2.45. The van der Waals surface area contributed by atoms with Crippen molar-refractivity contribution in [2.24, 2.45) is 0 Å². The number of anilines is 1. The number of hydrogen-bond acceptors (Lipinski definition) is 6. The Labute approximate surface area is 192 Å². The molecule has 0 spiro atoms. The Bertz CT molecular complexity index is 1030. The van der Waals surface area contributed by atoms with Crippen molar-refractivity contribution in [3.63, 3.8) is 0 Å². The van der Waals surface area contributed by atoms with Gasteiger partial charge in [0.1, 0.15) is 18.7 Å². The smallest absolute Gasteiger partial charge is 0.144 e. The SMILES string of the molecule is CN(C)[C@H]1CCCN(c2ccnc3c2c(-c2cncnc2)cn3COCC[Si](C)(C)C)C1. The average molecular weight is 453 g/mol. The second-order valence-electron chi connectivity index (χ2n) is 10.2. The lowest BCUT2D eigenvalue weighted by molar-refractivity contribution is 0.0899. The van der Waals surface area contributed by atoms with Gasteiger partial charge >= 0.3 is 0 Å². The molecule has 4 rings (SSSR count). The number of likely N-dealkylation sites (N-methyl/N-ethyl adjacent to an activating group) is 1. The van der Waals surface area contributed by atoms with E-state index in [-0.39, 0.29) is 0 Å². The van der Waals surface area contributed by atoms with Crippen molar-refractivity contribution in [1.29, 1.82) is 0 Å². The Morgan fingerprint density at radius 1 is 1.19 bits per heavy atom. The highest BCUT2D eigenvalue weighted by Gasteiger charge is 2.25. The molecule has 1 saturated heterocycles. The molecule has 1 fully saturated rings. The van der Waals surface area contributed by atoms with Crippen LogP contribution in [-0.4, -0.2) is 72.3 Å². The molecule has 1 aliphatic heterocycles. The van der Waals surface area contributed by atoms with E-state index in [1.54, 1.807) is 6.33 Å². The summed E-state index contributed by atoms with van der Waals surface area (Å²) in [6, 6.07) is 3.87. The van der Waals surface area contributed by atoms with E-state index < -0.39 is 8.07 Å². The van der Waals surface area contributed by atoms with Crippen LogP contribution in [0.25, 0.3) is 22.2 Å². The average Bonchev–Trinajstić information content (AvgIpc) is 3.15. The highest BCUT2D eigenvalue weighted by atomic mass is 28.3. The molecule has 7 nitrogen and oxygen atoms in total. The molecule has 0 bridgehead atoms. The van der Waals surface area contributed by atoms with Crippen molar-refractivity contribution in [2.75, 3.05) is 38.7 Å². The molecule has 3 aromatic rings. The summed E-state index contributed by atoms with van der Waals surface area (Å²) >= 11 is 0. The topological polar surface area (TPSA) is 59.3 Å². The first kappa shape index (κ1) is 22.9. The van der Waals surface area contributed by atoms with Gasteiger partial charge in [0.25, 0.3) is 0 Å². The lowest BCUT2D eigenvalue weighted by Gasteiger charge is -2.37. The molecule has 172 valence electrons. The van der Waals surface area contributed by atoms with Crippen LogP contribution in [0.15, 0.2) is 37.2 Å². The third-order valence-corrected chi connectivity index (χ3v) is 8.01. The number of nitrogens with zero attached hydrogens (tertiary/aromatic N) is 6. The monoisotopic (exact) mass is 452 g/mol. The van der Waals surface area contributed by atoms with Crippen LogP contribution in [0.5, 0.6) is 0 Å². The molecule has 0 unspecified atom stereocenters. The fourth-order valence-corrected chi connectivity index (χ4v) is 5.11. The molecule has 8 heteroatoms. The summed E-state index contributed by atoms with van der Waals surface area (Å²) in [5.74, 6) is 0. The summed E-state index contributed by atoms with van der Waals surface area (Å²) < 4.78 is 8.23. The molecule has 0 aromatic carbocycles. The van der Waals surface area contributed by atoms with Crippen LogP contribution in [0.4, 0.5) is 5.69 Å². The van der Waals surface area contributed by atoms with Crippen molar-refractivity contribution in [3.8, 4) is 11.1 Å². The maximum absolute atomic E-state index is 6.09. The van der Waals surface area contributed by atoms with Gasteiger partial charge in [0, 0.05) is 75.4 Å². The minimum absolute atomic E-state index is 0.505. The Hall–Kier alpha value is -2.29. The second kappa shape index (κ2) is 9.68. The van der Waals surface area contributed by atoms with Crippen LogP contribution in [0.1, 0.15) is 12.8 Å². The normalized spacial score (nSPS) is 17.4. The maximum atomic E-state index is 6.09. The van der Waals surface area contributed by atoms with Gasteiger partial charge in [-0.2, -0.15) is 0 Å². The predicted molar refractivity (Wildman–Crippen MR) is 134 cm³/mol. The van der Waals surface area contributed by atoms with E-state index in [0.29, 0.717) is 12.8 Å². The number of hydrogen-bond donors (Lipinski definition) is 0. The Morgan fingerprint density at radius 2 is 1.97 bits per heavy atom. The van der Waals surface area contributed by atoms with Crippen LogP contribution < -0.4 is 4.90 Å². The van der Waals surface area contributed by atoms with Gasteiger partial charge in [-0.05, 0) is 39.0 Å². The molecule has 0 aliphatic carbocycles. The van der Waals surface area contributed by atoms with Gasteiger partial charge in [-0.3, -0.25) is 0 Å². The molecular weight excluding hydrogens is 416 g/mol. The molecule has 0 amide bonds. The summed E-state index contributed by atoms with van der Waals surface area (Å²) in [6.07, 6.45) is 11.9. The molecule has 0 saturated carbocycles. The number of pyridine rings is 1. The van der Waals surface area contributed by atoms with Crippen LogP contribution >= 0.6 is 0 Å². The van der Waals surface area contributed by atoms with Crippen molar-refractivity contribution in [2.45, 2.75) is 51.3 Å². The number of aromatic nitrogens is 4. The first-order valence-electron chi connectivity index (χ1n) is 11.6. The van der Waals surface area contributed by atoms with E-state index >= 15 is 0 Å². The van der Waals surface area contributed by atoms with Crippen molar-refractivity contribution >= 4 is 24.8 Å². The Balaban J connectivity index is 1.71. The summed E-state index contributed by atoms with van der Waals surface area (Å²) in [7, 11) is 3.23. The van der Waals surface area contributed by atoms with Crippen molar-refractivity contribution in [3.05, 3.63) is 37.2 Å². The largest absolute Gasteiger partial charge is 0.369 e. The Morgan fingerprint density at radius 3 is 2.69 bits per heavy atom. The lowest BCUT2D eigenvalue weighted by atomic mass is 10.0. The van der Waals surface area contributed by atoms with Gasteiger partial charge < -0.3 is 19.1 Å². The van der Waals surface area contributed by atoms with E-state index in [0.717, 1.165) is 47.9 Å². The zero-order valence-electron chi connectivity index (χ0n) is 20.1. The third-order valence-electron chi connectivity index (χ3n) is 6.30. The molecular formula is C24H36N6OSi. The van der Waals surface area contributed by atoms with Crippen LogP contribution in [0.2, 0.25) is 25.7 Å². The van der Waals surface area contributed by atoms with Crippen LogP contribution in [-0.2, 0) is 11.5 Å². The molecule has 4 heterocycles. The third kappa shape index (κ3) is 5.19. The fourth-order valence-electron chi connectivity index (χ4n) is 4.35. The second-order valence-corrected chi connectivity index (χ2v) is 15.8. The number of piperidine rings is 1. The van der Waals surface area contributed by atoms with E-state index in [2.05, 4.69) is 70.3 Å². The molecule has 3 aromatic heterocycles. The van der Waals surface area contributed by atoms with Gasteiger partial charge in [-0.1, -0.05) is 19.6 Å². The highest BCUT2D eigenvalue weighted by molar-refractivity contribution is 6.76. The Kier molecular flexibility index (Phi) is 6.92. The van der Waals surface area contributed by atoms with E-state index in [1.807, 2.05) is 18.6 Å². The van der Waals surface area contributed by atoms with Gasteiger partial charge in [0.15, 0.2) is 0 Å². The van der Waals surface area contributed by atoms with Crippen molar-refractivity contribution in [1.82, 2.24) is 24.4 Å². The van der Waals surface area contributed by atoms with Crippen LogP contribution in [0.3, 0.4) is 0 Å². The predicted octanol–water partition coefficient (Wildman–Crippen LogP) is 4.34. The standard InChI is InChI=1S/C24H36N6OSi/c1-28(2)20-7-6-10-29(15-20)22-8-9-27-24-23(22)21(19-13-25-17-26-14-19)16-30(24)18-31-11-12-32(3,4)5/h8-9,13-14,16-17,20H,6-7,10-12,15,18H2,1-5H3/t20-/m0/s1. The van der Waals surface area contributed by atoms with E-state index in [4.69, 9.17) is 9.72 Å². The molecule has 0 radical (unpaired) electrons. The molecule has 1 atom stereocenters. The summed E-state index contributed by atoms with van der Waals surface area (Å²) in [6.45, 7) is 10.5. The summed E-state index contributed by atoms with van der Waals surface area (Å²) in [5, 5.41) is 1.16. The maximum Gasteiger partial charge on any atom is 0.144 e. The van der Waals surface area contributed by atoms with E-state index in [9.17, 15) is 0 Å². The molecule has 0 N–H and O–H groups in total. The van der Waals surface area contributed by atoms with Gasteiger partial charge in [0.05, 0.1) is 5.39 Å². The van der Waals surface area contributed by atoms with Crippen molar-refractivity contribution < 1.29 is 4.74 Å². The quantitative estimate of drug-likeness (QED) is 0.374. The minimum atomic E-state index is -1.12. The first-order chi connectivity index (χ1) is 15.3. The number of fused-ring (bicyclic) bond motifs is 1. The van der Waals surface area contributed by atoms with Gasteiger partial charge in [-0.15, -0.1) is 0 Å². The summed E-state index contributed by atoms with van der Waals surface area (Å²) in [5.41, 5.74) is 4.32. The van der Waals surface area contributed by atoms with Crippen LogP contribution in [0, 0.1) is 0 Å². The molecule has 32 heavy (non-hydrogen) atoms. The molecule has 1 aliphatic rings. The van der Waals surface area contributed by atoms with Gasteiger partial charge in [0.2, 0.25) is 0 Å². The zero-order chi connectivity index (χ0) is 22.7. The first-order valence-corrected chi connectivity index (χ1v) is 15.3. The minimum Gasteiger partial charge on any atom is -0.369 e. The van der Waals surface area contributed by atoms with E-state index in [1.165, 1.54) is 18.5 Å². The summed E-state index contributed by atoms with van der Waals surface area (Å²) in [4.78, 5) is 18.2. The fraction of sp³-hybridized carbons (Fsp3) is 0.542.